The van der Waals surface area contributed by atoms with E-state index in [4.69, 9.17) is 0 Å². The Bertz CT molecular complexity index is 1210. The Hall–Kier alpha value is -3.48. The van der Waals surface area contributed by atoms with E-state index in [1.807, 2.05) is 17.0 Å². The highest BCUT2D eigenvalue weighted by atomic mass is 16.2. The minimum absolute atomic E-state index is 0.0705. The number of pyridine rings is 1. The number of nitrogens with zero attached hydrogens (tertiary/aromatic N) is 4. The van der Waals surface area contributed by atoms with Crippen molar-refractivity contribution in [2.24, 2.45) is 5.92 Å². The largest absolute Gasteiger partial charge is 0.338 e. The molecule has 2 aliphatic heterocycles. The van der Waals surface area contributed by atoms with Gasteiger partial charge in [-0.05, 0) is 42.5 Å². The van der Waals surface area contributed by atoms with Gasteiger partial charge in [0.05, 0.1) is 0 Å². The van der Waals surface area contributed by atoms with Gasteiger partial charge >= 0.3 is 0 Å². The zero-order valence-corrected chi connectivity index (χ0v) is 17.2. The third-order valence-electron chi connectivity index (χ3n) is 6.42. The van der Waals surface area contributed by atoms with Gasteiger partial charge in [-0.15, -0.1) is 0 Å². The normalized spacial score (nSPS) is 16.9. The van der Waals surface area contributed by atoms with Crippen molar-refractivity contribution in [1.82, 2.24) is 19.2 Å². The van der Waals surface area contributed by atoms with E-state index in [2.05, 4.69) is 17.1 Å². The van der Waals surface area contributed by atoms with Crippen LogP contribution < -0.4 is 5.56 Å². The van der Waals surface area contributed by atoms with Gasteiger partial charge in [0, 0.05) is 44.5 Å². The molecular formula is C24H24N4O3. The molecule has 0 bridgehead atoms. The lowest BCUT2D eigenvalue weighted by molar-refractivity contribution is -0.137. The molecule has 1 saturated heterocycles. The predicted octanol–water partition coefficient (Wildman–Crippen LogP) is 2.13. The summed E-state index contributed by atoms with van der Waals surface area (Å²) in [5.41, 5.74) is 2.76. The molecule has 0 atom stereocenters. The van der Waals surface area contributed by atoms with E-state index in [1.54, 1.807) is 29.3 Å². The maximum Gasteiger partial charge on any atom is 0.270 e. The number of likely N-dealkylation sites (tertiary alicyclic amines) is 1. The summed E-state index contributed by atoms with van der Waals surface area (Å²) in [6, 6.07) is 13.5. The van der Waals surface area contributed by atoms with Crippen molar-refractivity contribution in [3.8, 4) is 0 Å². The molecule has 5 rings (SSSR count). The van der Waals surface area contributed by atoms with E-state index in [-0.39, 0.29) is 28.9 Å². The van der Waals surface area contributed by atoms with Crippen molar-refractivity contribution < 1.29 is 9.59 Å². The van der Waals surface area contributed by atoms with E-state index in [1.165, 1.54) is 21.7 Å². The highest BCUT2D eigenvalue weighted by Crippen LogP contribution is 2.25. The average Bonchev–Trinajstić information content (AvgIpc) is 2.83. The van der Waals surface area contributed by atoms with Gasteiger partial charge in [0.2, 0.25) is 5.91 Å². The first-order chi connectivity index (χ1) is 15.1. The Morgan fingerprint density at radius 2 is 1.65 bits per heavy atom. The summed E-state index contributed by atoms with van der Waals surface area (Å²) < 4.78 is 1.39. The van der Waals surface area contributed by atoms with Gasteiger partial charge in [-0.1, -0.05) is 30.3 Å². The number of carbonyl (C=O) groups excluding carboxylic acids is 2. The SMILES string of the molecule is O=C(c1cnc2ccccn2c1=O)N1CCC(C(=O)N2CCc3ccccc3C2)CC1. The standard InChI is InChI=1S/C24H24N4O3/c29-22(27-14-8-17-5-1-2-6-19(17)16-27)18-9-12-26(13-10-18)23(30)20-15-25-21-7-3-4-11-28(21)24(20)31/h1-7,11,15,18H,8-10,12-14,16H2. The first-order valence-corrected chi connectivity index (χ1v) is 10.7. The second kappa shape index (κ2) is 7.98. The Balaban J connectivity index is 1.24. The number of piperidine rings is 1. The van der Waals surface area contributed by atoms with E-state index in [0.29, 0.717) is 38.1 Å². The van der Waals surface area contributed by atoms with Gasteiger partial charge in [-0.2, -0.15) is 0 Å². The van der Waals surface area contributed by atoms with Crippen molar-refractivity contribution in [3.63, 3.8) is 0 Å². The zero-order valence-electron chi connectivity index (χ0n) is 17.2. The van der Waals surface area contributed by atoms with Crippen LogP contribution in [0.4, 0.5) is 0 Å². The van der Waals surface area contributed by atoms with E-state index < -0.39 is 0 Å². The Kier molecular flexibility index (Phi) is 5.02. The summed E-state index contributed by atoms with van der Waals surface area (Å²) in [7, 11) is 0. The summed E-state index contributed by atoms with van der Waals surface area (Å²) in [4.78, 5) is 46.6. The topological polar surface area (TPSA) is 75.0 Å². The van der Waals surface area contributed by atoms with Crippen LogP contribution in [0, 0.1) is 5.92 Å². The number of fused-ring (bicyclic) bond motifs is 2. The zero-order chi connectivity index (χ0) is 21.4. The summed E-state index contributed by atoms with van der Waals surface area (Å²) in [6.07, 6.45) is 5.10. The molecule has 31 heavy (non-hydrogen) atoms. The third kappa shape index (κ3) is 3.60. The quantitative estimate of drug-likeness (QED) is 0.642. The number of benzene rings is 1. The first-order valence-electron chi connectivity index (χ1n) is 10.7. The van der Waals surface area contributed by atoms with Gasteiger partial charge in [-0.3, -0.25) is 18.8 Å². The molecule has 0 N–H and O–H groups in total. The van der Waals surface area contributed by atoms with Crippen molar-refractivity contribution in [1.29, 1.82) is 0 Å². The van der Waals surface area contributed by atoms with Crippen molar-refractivity contribution in [3.05, 3.63) is 81.9 Å². The molecule has 0 saturated carbocycles. The molecule has 1 aromatic carbocycles. The van der Waals surface area contributed by atoms with Crippen LogP contribution in [0.15, 0.2) is 59.7 Å². The van der Waals surface area contributed by atoms with Crippen LogP contribution in [0.3, 0.4) is 0 Å². The molecule has 2 aliphatic rings. The van der Waals surface area contributed by atoms with Crippen LogP contribution in [0.2, 0.25) is 0 Å². The second-order valence-electron chi connectivity index (χ2n) is 8.25. The van der Waals surface area contributed by atoms with Gasteiger partial charge in [0.1, 0.15) is 11.2 Å². The number of hydrogen-bond acceptors (Lipinski definition) is 4. The lowest BCUT2D eigenvalue weighted by Gasteiger charge is -2.36. The fraction of sp³-hybridized carbons (Fsp3) is 0.333. The van der Waals surface area contributed by atoms with E-state index in [9.17, 15) is 14.4 Å². The highest BCUT2D eigenvalue weighted by Gasteiger charge is 2.32. The molecule has 2 amide bonds. The lowest BCUT2D eigenvalue weighted by atomic mass is 9.93. The van der Waals surface area contributed by atoms with Crippen LogP contribution >= 0.6 is 0 Å². The third-order valence-corrected chi connectivity index (χ3v) is 6.42. The van der Waals surface area contributed by atoms with Crippen molar-refractivity contribution in [2.75, 3.05) is 19.6 Å². The maximum absolute atomic E-state index is 13.1. The molecule has 0 aliphatic carbocycles. The molecule has 4 heterocycles. The van der Waals surface area contributed by atoms with E-state index in [0.717, 1.165) is 13.0 Å². The molecule has 2 aromatic heterocycles. The van der Waals surface area contributed by atoms with Gasteiger partial charge in [0.15, 0.2) is 0 Å². The van der Waals surface area contributed by atoms with Crippen LogP contribution in [0.25, 0.3) is 5.65 Å². The molecule has 7 nitrogen and oxygen atoms in total. The first kappa shape index (κ1) is 19.5. The summed E-state index contributed by atoms with van der Waals surface area (Å²) in [6.45, 7) is 2.34. The highest BCUT2D eigenvalue weighted by molar-refractivity contribution is 5.94. The Morgan fingerprint density at radius 1 is 0.903 bits per heavy atom. The van der Waals surface area contributed by atoms with Crippen LogP contribution in [0.5, 0.6) is 0 Å². The van der Waals surface area contributed by atoms with Crippen molar-refractivity contribution in [2.45, 2.75) is 25.8 Å². The summed E-state index contributed by atoms with van der Waals surface area (Å²) in [5.74, 6) is -0.215. The van der Waals surface area contributed by atoms with Gasteiger partial charge in [0.25, 0.3) is 11.5 Å². The monoisotopic (exact) mass is 416 g/mol. The number of carbonyl (C=O) groups is 2. The second-order valence-corrected chi connectivity index (χ2v) is 8.25. The van der Waals surface area contributed by atoms with Crippen molar-refractivity contribution >= 4 is 17.5 Å². The fourth-order valence-electron chi connectivity index (χ4n) is 4.62. The molecule has 1 fully saturated rings. The molecule has 7 heteroatoms. The van der Waals surface area contributed by atoms with Crippen LogP contribution in [-0.2, 0) is 17.8 Å². The number of amides is 2. The lowest BCUT2D eigenvalue weighted by Crippen LogP contribution is -2.46. The minimum atomic E-state index is -0.360. The van der Waals surface area contributed by atoms with E-state index >= 15 is 0 Å². The maximum atomic E-state index is 13.1. The summed E-state index contributed by atoms with van der Waals surface area (Å²) in [5, 5.41) is 0. The molecular weight excluding hydrogens is 392 g/mol. The molecule has 0 unspecified atom stereocenters. The Labute approximate surface area is 179 Å². The van der Waals surface area contributed by atoms with Crippen LogP contribution in [0.1, 0.15) is 34.3 Å². The smallest absolute Gasteiger partial charge is 0.270 e. The fourth-order valence-corrected chi connectivity index (χ4v) is 4.62. The average molecular weight is 416 g/mol. The number of hydrogen-bond donors (Lipinski definition) is 0. The molecule has 3 aromatic rings. The van der Waals surface area contributed by atoms with Gasteiger partial charge in [-0.25, -0.2) is 4.98 Å². The number of rotatable bonds is 2. The molecule has 0 radical (unpaired) electrons. The Morgan fingerprint density at radius 3 is 2.45 bits per heavy atom. The van der Waals surface area contributed by atoms with Crippen LogP contribution in [-0.4, -0.2) is 50.6 Å². The molecule has 158 valence electrons. The van der Waals surface area contributed by atoms with Gasteiger partial charge < -0.3 is 9.80 Å². The molecule has 0 spiro atoms. The summed E-state index contributed by atoms with van der Waals surface area (Å²) >= 11 is 0. The predicted molar refractivity (Wildman–Crippen MR) is 116 cm³/mol. The number of aromatic nitrogens is 2. The minimum Gasteiger partial charge on any atom is -0.338 e.